The lowest BCUT2D eigenvalue weighted by atomic mass is 10.0. The molecule has 0 atom stereocenters. The highest BCUT2D eigenvalue weighted by molar-refractivity contribution is 7.92. The van der Waals surface area contributed by atoms with Crippen molar-refractivity contribution in [1.82, 2.24) is 0 Å². The van der Waals surface area contributed by atoms with Crippen LogP contribution in [0.4, 0.5) is 28.4 Å². The van der Waals surface area contributed by atoms with E-state index in [0.717, 1.165) is 19.2 Å². The van der Waals surface area contributed by atoms with Crippen LogP contribution in [-0.4, -0.2) is 126 Å². The quantitative estimate of drug-likeness (QED) is 0.0523. The molecule has 0 amide bonds. The summed E-state index contributed by atoms with van der Waals surface area (Å²) >= 11 is 0. The van der Waals surface area contributed by atoms with Gasteiger partial charge >= 0.3 is 20.8 Å². The van der Waals surface area contributed by atoms with Crippen molar-refractivity contribution in [3.63, 3.8) is 0 Å². The monoisotopic (exact) mass is 1030 g/mol. The first-order valence-corrected chi connectivity index (χ1v) is 26.4. The summed E-state index contributed by atoms with van der Waals surface area (Å²) in [7, 11) is -33.5. The van der Waals surface area contributed by atoms with Crippen molar-refractivity contribution in [2.24, 2.45) is 20.5 Å². The van der Waals surface area contributed by atoms with Gasteiger partial charge in [0.25, 0.3) is 30.4 Å². The number of anilines is 1. The van der Waals surface area contributed by atoms with Crippen LogP contribution in [0.1, 0.15) is 0 Å². The summed E-state index contributed by atoms with van der Waals surface area (Å²) < 4.78 is 230. The predicted octanol–water partition coefficient (Wildman–Crippen LogP) is 2.35. The lowest BCUT2D eigenvalue weighted by Crippen LogP contribution is -2.16. The molecule has 4 rings (SSSR count). The van der Waals surface area contributed by atoms with Crippen LogP contribution in [-0.2, 0) is 79.2 Å². The third-order valence-electron chi connectivity index (χ3n) is 7.85. The fourth-order valence-electron chi connectivity index (χ4n) is 5.14. The van der Waals surface area contributed by atoms with Crippen molar-refractivity contribution in [1.29, 1.82) is 0 Å². The number of rotatable bonds is 19. The zero-order valence-electron chi connectivity index (χ0n) is 31.2. The third-order valence-corrected chi connectivity index (χ3v) is 14.7. The van der Waals surface area contributed by atoms with Crippen molar-refractivity contribution in [2.45, 2.75) is 24.5 Å². The summed E-state index contributed by atoms with van der Waals surface area (Å²) in [5.41, 5.74) is -3.10. The second kappa shape index (κ2) is 18.3. The van der Waals surface area contributed by atoms with E-state index in [0.29, 0.717) is 18.2 Å². The molecule has 0 aromatic heterocycles. The van der Waals surface area contributed by atoms with Crippen LogP contribution in [0.3, 0.4) is 0 Å². The highest BCUT2D eigenvalue weighted by Crippen LogP contribution is 2.48. The number of hydrogen-bond donors (Lipinski definition) is 7. The fraction of sp³-hybridized carbons (Fsp3) is 0.214. The minimum Gasteiger partial charge on any atom is -0.504 e. The molecule has 0 saturated heterocycles. The maximum atomic E-state index is 12.9. The molecule has 4 aromatic rings. The summed E-state index contributed by atoms with van der Waals surface area (Å²) in [6.45, 7) is -2.30. The average Bonchev–Trinajstić information content (AvgIpc) is 3.13. The second-order valence-corrected chi connectivity index (χ2v) is 22.5. The van der Waals surface area contributed by atoms with Gasteiger partial charge in [-0.05, 0) is 48.5 Å². The van der Waals surface area contributed by atoms with Gasteiger partial charge in [-0.2, -0.15) is 42.1 Å². The van der Waals surface area contributed by atoms with Gasteiger partial charge in [0, 0.05) is 17.8 Å². The van der Waals surface area contributed by atoms with Gasteiger partial charge in [-0.25, -0.2) is 25.2 Å². The number of phenolic OH excluding ortho intramolecular Hbond substituents is 1. The summed E-state index contributed by atoms with van der Waals surface area (Å²) in [5.74, 6) is -4.39. The third kappa shape index (κ3) is 12.6. The number of ether oxygens (including phenoxy) is 1. The van der Waals surface area contributed by atoms with Crippen molar-refractivity contribution < 1.29 is 99.9 Å². The molecule has 0 fully saturated rings. The van der Waals surface area contributed by atoms with Gasteiger partial charge in [0.1, 0.15) is 37.4 Å². The van der Waals surface area contributed by atoms with E-state index in [4.69, 9.17) is 13.8 Å². The standard InChI is InChI=1S/C28H29N5O23S7/c1-29-20-6-4-17-18(25(20)32-30-19-5-3-15(12-22(19)59(39,40)41)57(35,36)9-7-55-62(48,49)50)14-23(60(42,43)44)26(28(17)54-2)33-31-21-11-16(13-24(27(21)34)61(45,46)47)58(37,38)10-8-56-63(51,52)53/h3-6,11-14,29,34H,7-10H2,1-2H3,(H,39,40,41)(H,42,43,44)(H,45,46,47)(H,48,49,50)(H,51,52,53)/b32-30+,33-31+. The SMILES string of the molecule is CNc1ccc2c(OC)c(/N=N/c3cc(S(=O)(=O)CCOS(=O)(=O)O)cc(S(=O)(=O)O)c3O)c(S(=O)(=O)O)cc2c1/N=N/c1ccc(S(=O)(=O)CCOS(=O)(=O)O)cc1S(=O)(=O)O. The molecule has 0 saturated carbocycles. The lowest BCUT2D eigenvalue weighted by molar-refractivity contribution is 0.282. The van der Waals surface area contributed by atoms with E-state index in [1.807, 2.05) is 0 Å². The van der Waals surface area contributed by atoms with Crippen LogP contribution < -0.4 is 10.1 Å². The fourth-order valence-corrected chi connectivity index (χ4v) is 10.2. The van der Waals surface area contributed by atoms with Gasteiger partial charge in [-0.1, -0.05) is 0 Å². The minimum absolute atomic E-state index is 0.00177. The molecular formula is C28H29N5O23S7. The largest absolute Gasteiger partial charge is 0.504 e. The molecule has 0 aliphatic heterocycles. The van der Waals surface area contributed by atoms with Gasteiger partial charge in [0.15, 0.2) is 31.2 Å². The molecule has 0 heterocycles. The van der Waals surface area contributed by atoms with E-state index < -0.39 is 149 Å². The van der Waals surface area contributed by atoms with E-state index in [-0.39, 0.29) is 28.2 Å². The highest BCUT2D eigenvalue weighted by Gasteiger charge is 2.29. The molecule has 0 spiro atoms. The Labute approximate surface area is 357 Å². The molecular weight excluding hydrogens is 999 g/mol. The molecule has 63 heavy (non-hydrogen) atoms. The smallest absolute Gasteiger partial charge is 0.397 e. The van der Waals surface area contributed by atoms with Crippen LogP contribution in [0, 0.1) is 0 Å². The summed E-state index contributed by atoms with van der Waals surface area (Å²) in [6, 6.07) is 5.88. The normalized spacial score (nSPS) is 13.6. The number of benzene rings is 4. The Balaban J connectivity index is 1.95. The Bertz CT molecular complexity index is 3380. The van der Waals surface area contributed by atoms with Crippen molar-refractivity contribution in [3.8, 4) is 11.5 Å². The maximum absolute atomic E-state index is 12.9. The van der Waals surface area contributed by atoms with Gasteiger partial charge < -0.3 is 15.2 Å². The summed E-state index contributed by atoms with van der Waals surface area (Å²) in [6.07, 6.45) is 0. The topological polar surface area (TPSA) is 450 Å². The van der Waals surface area contributed by atoms with Crippen LogP contribution in [0.2, 0.25) is 0 Å². The molecule has 35 heteroatoms. The van der Waals surface area contributed by atoms with Crippen LogP contribution in [0.15, 0.2) is 93.5 Å². The average molecular weight is 1030 g/mol. The van der Waals surface area contributed by atoms with Gasteiger partial charge in [0.05, 0.1) is 47.3 Å². The Morgan fingerprint density at radius 1 is 0.540 bits per heavy atom. The first-order chi connectivity index (χ1) is 28.7. The zero-order chi connectivity index (χ0) is 47.7. The zero-order valence-corrected chi connectivity index (χ0v) is 36.9. The number of azo groups is 2. The Hall–Kier alpha value is -4.89. The van der Waals surface area contributed by atoms with Crippen LogP contribution >= 0.6 is 0 Å². The first-order valence-electron chi connectivity index (χ1n) is 16.0. The Morgan fingerprint density at radius 2 is 1.03 bits per heavy atom. The van der Waals surface area contributed by atoms with Crippen molar-refractivity contribution >= 4 is 110 Å². The molecule has 0 bridgehead atoms. The van der Waals surface area contributed by atoms with E-state index in [2.05, 4.69) is 34.1 Å². The number of fused-ring (bicyclic) bond motifs is 1. The number of sulfone groups is 2. The molecule has 4 aromatic carbocycles. The molecule has 7 N–H and O–H groups in total. The summed E-state index contributed by atoms with van der Waals surface area (Å²) in [4.78, 5) is -5.67. The Kier molecular flexibility index (Phi) is 14.7. The number of hydrogen-bond acceptors (Lipinski definition) is 23. The second-order valence-electron chi connectivity index (χ2n) is 11.9. The lowest BCUT2D eigenvalue weighted by Gasteiger charge is -2.15. The van der Waals surface area contributed by atoms with Gasteiger partial charge in [0.2, 0.25) is 0 Å². The van der Waals surface area contributed by atoms with Gasteiger partial charge in [-0.3, -0.25) is 22.8 Å². The predicted molar refractivity (Wildman–Crippen MR) is 211 cm³/mol. The minimum atomic E-state index is -5.48. The number of methoxy groups -OCH3 is 1. The molecule has 0 aliphatic rings. The molecule has 0 radical (unpaired) electrons. The highest BCUT2D eigenvalue weighted by atomic mass is 32.3. The first kappa shape index (κ1) is 50.8. The molecule has 28 nitrogen and oxygen atoms in total. The van der Waals surface area contributed by atoms with Crippen LogP contribution in [0.25, 0.3) is 10.8 Å². The van der Waals surface area contributed by atoms with Crippen molar-refractivity contribution in [2.75, 3.05) is 44.2 Å². The van der Waals surface area contributed by atoms with E-state index in [9.17, 15) is 77.7 Å². The van der Waals surface area contributed by atoms with Crippen LogP contribution in [0.5, 0.6) is 11.5 Å². The number of nitrogens with zero attached hydrogens (tertiary/aromatic N) is 4. The van der Waals surface area contributed by atoms with E-state index in [1.165, 1.54) is 19.2 Å². The maximum Gasteiger partial charge on any atom is 0.397 e. The Morgan fingerprint density at radius 3 is 1.52 bits per heavy atom. The molecule has 0 unspecified atom stereocenters. The molecule has 0 aliphatic carbocycles. The van der Waals surface area contributed by atoms with E-state index in [1.54, 1.807) is 0 Å². The number of aromatic hydroxyl groups is 1. The summed E-state index contributed by atoms with van der Waals surface area (Å²) in [5, 5.41) is 27.8. The van der Waals surface area contributed by atoms with Crippen molar-refractivity contribution in [3.05, 3.63) is 48.5 Å². The van der Waals surface area contributed by atoms with E-state index >= 15 is 0 Å². The number of nitrogens with one attached hydrogen (secondary N) is 1. The van der Waals surface area contributed by atoms with Gasteiger partial charge in [-0.15, -0.1) is 20.5 Å². The molecule has 346 valence electrons. The number of phenols is 1.